The summed E-state index contributed by atoms with van der Waals surface area (Å²) in [4.78, 5) is 0. The van der Waals surface area contributed by atoms with Gasteiger partial charge in [-0.2, -0.15) is 18.3 Å². The summed E-state index contributed by atoms with van der Waals surface area (Å²) in [5.41, 5.74) is -0.700. The Morgan fingerprint density at radius 1 is 1.53 bits per heavy atom. The van der Waals surface area contributed by atoms with E-state index in [1.807, 2.05) is 0 Å². The second kappa shape index (κ2) is 4.22. The lowest BCUT2D eigenvalue weighted by molar-refractivity contribution is -0.142. The summed E-state index contributed by atoms with van der Waals surface area (Å²) in [6.45, 7) is 3.21. The summed E-state index contributed by atoms with van der Waals surface area (Å²) < 4.78 is 38.5. The highest BCUT2D eigenvalue weighted by Crippen LogP contribution is 2.30. The predicted molar refractivity (Wildman–Crippen MR) is 48.3 cm³/mol. The fourth-order valence-electron chi connectivity index (χ4n) is 1.32. The van der Waals surface area contributed by atoms with Crippen molar-refractivity contribution in [2.75, 3.05) is 0 Å². The third-order valence-electron chi connectivity index (χ3n) is 1.94. The third-order valence-corrected chi connectivity index (χ3v) is 1.94. The van der Waals surface area contributed by atoms with E-state index in [0.29, 0.717) is 0 Å². The summed E-state index contributed by atoms with van der Waals surface area (Å²) in [7, 11) is 0. The van der Waals surface area contributed by atoms with Gasteiger partial charge in [-0.25, -0.2) is 0 Å². The number of hydrogen-bond acceptors (Lipinski definition) is 2. The smallest absolute Gasteiger partial charge is 0.391 e. The lowest BCUT2D eigenvalue weighted by atomic mass is 10.2. The highest BCUT2D eigenvalue weighted by Gasteiger charge is 2.36. The second-order valence-electron chi connectivity index (χ2n) is 3.43. The van der Waals surface area contributed by atoms with E-state index in [1.54, 1.807) is 6.92 Å². The molecule has 6 heteroatoms. The fraction of sp³-hybridized carbons (Fsp3) is 0.667. The van der Waals surface area contributed by atoms with Crippen LogP contribution in [-0.2, 0) is 19.1 Å². The van der Waals surface area contributed by atoms with Crippen LogP contribution in [0.5, 0.6) is 0 Å². The number of alkyl halides is 3. The number of nitrogens with zero attached hydrogens (tertiary/aromatic N) is 2. The molecule has 0 fully saturated rings. The Labute approximate surface area is 85.5 Å². The second-order valence-corrected chi connectivity index (χ2v) is 3.43. The maximum Gasteiger partial charge on any atom is 0.435 e. The van der Waals surface area contributed by atoms with Crippen LogP contribution in [0, 0.1) is 0 Å². The average Bonchev–Trinajstić information content (AvgIpc) is 2.45. The first-order valence-corrected chi connectivity index (χ1v) is 4.66. The molecule has 1 aromatic rings. The number of aliphatic hydroxyl groups is 1. The van der Waals surface area contributed by atoms with Crippen LogP contribution in [0.25, 0.3) is 0 Å². The molecule has 1 unspecified atom stereocenters. The van der Waals surface area contributed by atoms with Crippen molar-refractivity contribution in [3.05, 3.63) is 17.5 Å². The van der Waals surface area contributed by atoms with E-state index in [4.69, 9.17) is 5.11 Å². The largest absolute Gasteiger partial charge is 0.435 e. The van der Waals surface area contributed by atoms with Crippen molar-refractivity contribution in [3.63, 3.8) is 0 Å². The van der Waals surface area contributed by atoms with Gasteiger partial charge in [0, 0.05) is 11.8 Å². The molecule has 86 valence electrons. The van der Waals surface area contributed by atoms with Crippen molar-refractivity contribution in [2.24, 2.45) is 0 Å². The van der Waals surface area contributed by atoms with Gasteiger partial charge in [-0.05, 0) is 13.3 Å². The number of hydrogen-bond donors (Lipinski definition) is 1. The van der Waals surface area contributed by atoms with Crippen LogP contribution < -0.4 is 0 Å². The maximum atomic E-state index is 12.4. The van der Waals surface area contributed by atoms with Gasteiger partial charge in [0.05, 0.1) is 12.6 Å². The van der Waals surface area contributed by atoms with Crippen molar-refractivity contribution in [1.82, 2.24) is 9.78 Å². The van der Waals surface area contributed by atoms with Gasteiger partial charge in [0.25, 0.3) is 0 Å². The molecule has 0 amide bonds. The van der Waals surface area contributed by atoms with Gasteiger partial charge < -0.3 is 5.11 Å². The van der Waals surface area contributed by atoms with E-state index < -0.39 is 18.0 Å². The molecule has 0 saturated carbocycles. The molecule has 0 aliphatic heterocycles. The lowest BCUT2D eigenvalue weighted by Crippen LogP contribution is -2.14. The molecule has 1 atom stereocenters. The molecule has 1 rings (SSSR count). The Hall–Kier alpha value is -1.04. The normalized spacial score (nSPS) is 14.3. The Morgan fingerprint density at radius 2 is 2.13 bits per heavy atom. The molecular formula is C9H13F3N2O. The van der Waals surface area contributed by atoms with Gasteiger partial charge in [0.2, 0.25) is 0 Å². The number of halogens is 3. The summed E-state index contributed by atoms with van der Waals surface area (Å²) in [6.07, 6.45) is -3.53. The molecule has 0 aliphatic carbocycles. The first-order chi connectivity index (χ1) is 6.84. The Morgan fingerprint density at radius 3 is 2.47 bits per heavy atom. The maximum absolute atomic E-state index is 12.4. The molecule has 0 saturated heterocycles. The average molecular weight is 222 g/mol. The highest BCUT2D eigenvalue weighted by atomic mass is 19.4. The van der Waals surface area contributed by atoms with E-state index in [1.165, 1.54) is 13.1 Å². The number of aryl methyl sites for hydroxylation is 1. The number of rotatable bonds is 3. The first-order valence-electron chi connectivity index (χ1n) is 4.66. The van der Waals surface area contributed by atoms with Gasteiger partial charge in [-0.3, -0.25) is 4.68 Å². The van der Waals surface area contributed by atoms with Gasteiger partial charge in [-0.1, -0.05) is 6.92 Å². The van der Waals surface area contributed by atoms with E-state index in [-0.39, 0.29) is 18.5 Å². The van der Waals surface area contributed by atoms with Crippen LogP contribution in [0.3, 0.4) is 0 Å². The molecular weight excluding hydrogens is 209 g/mol. The third kappa shape index (κ3) is 2.95. The summed E-state index contributed by atoms with van der Waals surface area (Å²) in [5, 5.41) is 12.5. The van der Waals surface area contributed by atoms with Crippen LogP contribution in [0.1, 0.15) is 25.1 Å². The van der Waals surface area contributed by atoms with Gasteiger partial charge in [0.1, 0.15) is 0 Å². The summed E-state index contributed by atoms with van der Waals surface area (Å²) in [5.74, 6) is 0. The molecule has 1 heterocycles. The zero-order valence-electron chi connectivity index (χ0n) is 8.54. The molecule has 1 aromatic heterocycles. The first kappa shape index (κ1) is 12.0. The predicted octanol–water partition coefficient (Wildman–Crippen LogP) is 1.85. The Kier molecular flexibility index (Phi) is 3.38. The van der Waals surface area contributed by atoms with Crippen LogP contribution in [0.15, 0.2) is 6.20 Å². The topological polar surface area (TPSA) is 38.0 Å². The van der Waals surface area contributed by atoms with Gasteiger partial charge in [-0.15, -0.1) is 0 Å². The van der Waals surface area contributed by atoms with Crippen molar-refractivity contribution in [1.29, 1.82) is 0 Å². The zero-order chi connectivity index (χ0) is 11.6. The minimum Gasteiger partial charge on any atom is -0.391 e. The number of aliphatic hydroxyl groups excluding tert-OH is 1. The van der Waals surface area contributed by atoms with E-state index in [9.17, 15) is 13.2 Å². The lowest BCUT2D eigenvalue weighted by Gasteiger charge is -2.04. The minimum atomic E-state index is -4.42. The molecule has 3 nitrogen and oxygen atoms in total. The van der Waals surface area contributed by atoms with Gasteiger partial charge in [0.15, 0.2) is 5.69 Å². The molecule has 0 spiro atoms. The standard InChI is InChI=1S/C9H13F3N2O/c1-3-7-5-14(4-6(2)15)13-8(7)9(10,11)12/h5-6,15H,3-4H2,1-2H3. The summed E-state index contributed by atoms with van der Waals surface area (Å²) in [6, 6.07) is 0. The van der Waals surface area contributed by atoms with E-state index >= 15 is 0 Å². The van der Waals surface area contributed by atoms with Crippen molar-refractivity contribution < 1.29 is 18.3 Å². The van der Waals surface area contributed by atoms with Crippen LogP contribution in [0.2, 0.25) is 0 Å². The van der Waals surface area contributed by atoms with Crippen LogP contribution in [0.4, 0.5) is 13.2 Å². The Balaban J connectivity index is 3.01. The molecule has 0 aromatic carbocycles. The molecule has 1 N–H and O–H groups in total. The summed E-state index contributed by atoms with van der Waals surface area (Å²) >= 11 is 0. The molecule has 0 aliphatic rings. The quantitative estimate of drug-likeness (QED) is 0.847. The van der Waals surface area contributed by atoms with Crippen molar-refractivity contribution >= 4 is 0 Å². The molecule has 0 radical (unpaired) electrons. The minimum absolute atomic E-state index is 0.0725. The SMILES string of the molecule is CCc1cn(CC(C)O)nc1C(F)(F)F. The molecule has 15 heavy (non-hydrogen) atoms. The van der Waals surface area contributed by atoms with Crippen LogP contribution in [-0.4, -0.2) is 21.0 Å². The van der Waals surface area contributed by atoms with Crippen molar-refractivity contribution in [3.8, 4) is 0 Å². The fourth-order valence-corrected chi connectivity index (χ4v) is 1.32. The number of aromatic nitrogens is 2. The zero-order valence-corrected chi connectivity index (χ0v) is 8.54. The van der Waals surface area contributed by atoms with E-state index in [0.717, 1.165) is 4.68 Å². The highest BCUT2D eigenvalue weighted by molar-refractivity contribution is 5.19. The van der Waals surface area contributed by atoms with Crippen LogP contribution >= 0.6 is 0 Å². The van der Waals surface area contributed by atoms with Gasteiger partial charge >= 0.3 is 6.18 Å². The Bertz CT molecular complexity index is 331. The monoisotopic (exact) mass is 222 g/mol. The van der Waals surface area contributed by atoms with Crippen molar-refractivity contribution in [2.45, 2.75) is 39.1 Å². The van der Waals surface area contributed by atoms with E-state index in [2.05, 4.69) is 5.10 Å². The molecule has 0 bridgehead atoms.